The Morgan fingerprint density at radius 1 is 1.15 bits per heavy atom. The van der Waals surface area contributed by atoms with Gasteiger partial charge in [0.1, 0.15) is 0 Å². The van der Waals surface area contributed by atoms with Crippen molar-refractivity contribution in [2.45, 2.75) is 26.8 Å². The average molecular weight is 478 g/mol. The smallest absolute Gasteiger partial charge is 0.191 e. The van der Waals surface area contributed by atoms with Crippen molar-refractivity contribution in [1.29, 1.82) is 0 Å². The molecule has 0 unspecified atom stereocenters. The lowest BCUT2D eigenvalue weighted by Gasteiger charge is -2.15. The highest BCUT2D eigenvalue weighted by atomic mass is 127. The number of nitrogens with zero attached hydrogens (tertiary/aromatic N) is 2. The minimum atomic E-state index is 0. The summed E-state index contributed by atoms with van der Waals surface area (Å²) in [5, 5.41) is 6.63. The summed E-state index contributed by atoms with van der Waals surface area (Å²) < 4.78 is 10.4. The van der Waals surface area contributed by atoms with E-state index in [4.69, 9.17) is 9.47 Å². The van der Waals surface area contributed by atoms with Crippen molar-refractivity contribution in [2.24, 2.45) is 4.99 Å². The SMILES string of the molecule is CCNC(=NCc1ccc(N(C)C)cc1C)NCCCOCCOC.I. The maximum Gasteiger partial charge on any atom is 0.191 e. The van der Waals surface area contributed by atoms with E-state index in [2.05, 4.69) is 66.7 Å². The zero-order valence-corrected chi connectivity index (χ0v) is 19.1. The van der Waals surface area contributed by atoms with Crippen LogP contribution in [0, 0.1) is 6.92 Å². The summed E-state index contributed by atoms with van der Waals surface area (Å²) >= 11 is 0. The highest BCUT2D eigenvalue weighted by Crippen LogP contribution is 2.17. The van der Waals surface area contributed by atoms with Gasteiger partial charge in [-0.2, -0.15) is 0 Å². The third-order valence-corrected chi connectivity index (χ3v) is 3.78. The van der Waals surface area contributed by atoms with Crippen LogP contribution in [0.1, 0.15) is 24.5 Å². The van der Waals surface area contributed by atoms with E-state index in [-0.39, 0.29) is 24.0 Å². The summed E-state index contributed by atoms with van der Waals surface area (Å²) in [5.74, 6) is 0.843. The Hall–Kier alpha value is -1.06. The largest absolute Gasteiger partial charge is 0.382 e. The van der Waals surface area contributed by atoms with Crippen LogP contribution in [-0.2, 0) is 16.0 Å². The van der Waals surface area contributed by atoms with Crippen molar-refractivity contribution in [2.75, 3.05) is 59.0 Å². The van der Waals surface area contributed by atoms with Crippen LogP contribution in [0.25, 0.3) is 0 Å². The third-order valence-electron chi connectivity index (χ3n) is 3.78. The molecule has 26 heavy (non-hydrogen) atoms. The topological polar surface area (TPSA) is 58.1 Å². The fraction of sp³-hybridized carbons (Fsp3) is 0.632. The molecule has 6 nitrogen and oxygen atoms in total. The first-order valence-corrected chi connectivity index (χ1v) is 8.94. The minimum absolute atomic E-state index is 0. The van der Waals surface area contributed by atoms with E-state index >= 15 is 0 Å². The van der Waals surface area contributed by atoms with Crippen molar-refractivity contribution in [3.8, 4) is 0 Å². The number of ether oxygens (including phenoxy) is 2. The van der Waals surface area contributed by atoms with Crippen molar-refractivity contribution in [3.05, 3.63) is 29.3 Å². The van der Waals surface area contributed by atoms with Crippen LogP contribution in [0.2, 0.25) is 0 Å². The number of hydrogen-bond acceptors (Lipinski definition) is 4. The van der Waals surface area contributed by atoms with E-state index in [1.807, 2.05) is 0 Å². The average Bonchev–Trinajstić information content (AvgIpc) is 2.59. The molecule has 0 amide bonds. The van der Waals surface area contributed by atoms with Gasteiger partial charge in [-0.15, -0.1) is 24.0 Å². The number of rotatable bonds is 11. The van der Waals surface area contributed by atoms with E-state index < -0.39 is 0 Å². The van der Waals surface area contributed by atoms with Crippen LogP contribution < -0.4 is 15.5 Å². The van der Waals surface area contributed by atoms with Crippen LogP contribution in [0.5, 0.6) is 0 Å². The first-order valence-electron chi connectivity index (χ1n) is 8.94. The molecule has 1 aromatic carbocycles. The van der Waals surface area contributed by atoms with E-state index in [0.29, 0.717) is 19.8 Å². The van der Waals surface area contributed by atoms with Gasteiger partial charge in [-0.25, -0.2) is 4.99 Å². The third kappa shape index (κ3) is 10.2. The molecule has 0 atom stereocenters. The number of hydrogen-bond donors (Lipinski definition) is 2. The first-order chi connectivity index (χ1) is 12.1. The number of anilines is 1. The number of aliphatic imine (C=N–C) groups is 1. The molecule has 0 radical (unpaired) electrons. The maximum atomic E-state index is 5.46. The molecular weight excluding hydrogens is 443 g/mol. The van der Waals surface area contributed by atoms with Crippen LogP contribution in [-0.4, -0.2) is 60.1 Å². The minimum Gasteiger partial charge on any atom is -0.382 e. The van der Waals surface area contributed by atoms with E-state index in [9.17, 15) is 0 Å². The molecule has 2 N–H and O–H groups in total. The second-order valence-electron chi connectivity index (χ2n) is 6.09. The number of halogens is 1. The fourth-order valence-electron chi connectivity index (χ4n) is 2.27. The zero-order chi connectivity index (χ0) is 18.5. The van der Waals surface area contributed by atoms with E-state index in [1.54, 1.807) is 7.11 Å². The predicted molar refractivity (Wildman–Crippen MR) is 121 cm³/mol. The van der Waals surface area contributed by atoms with Crippen LogP contribution in [0.15, 0.2) is 23.2 Å². The first kappa shape index (κ1) is 24.9. The molecule has 0 aliphatic heterocycles. The van der Waals surface area contributed by atoms with Gasteiger partial charge in [0.15, 0.2) is 5.96 Å². The number of guanidine groups is 1. The van der Waals surface area contributed by atoms with Gasteiger partial charge in [-0.1, -0.05) is 6.07 Å². The molecule has 0 aliphatic carbocycles. The molecule has 0 spiro atoms. The predicted octanol–water partition coefficient (Wildman–Crippen LogP) is 2.79. The Labute approximate surface area is 175 Å². The van der Waals surface area contributed by atoms with Crippen molar-refractivity contribution in [1.82, 2.24) is 10.6 Å². The molecule has 1 rings (SSSR count). The molecule has 0 heterocycles. The number of nitrogens with one attached hydrogen (secondary N) is 2. The molecule has 1 aromatic rings. The molecule has 0 aliphatic rings. The van der Waals surface area contributed by atoms with Crippen LogP contribution in [0.3, 0.4) is 0 Å². The second kappa shape index (κ2) is 15.0. The molecule has 0 bridgehead atoms. The van der Waals surface area contributed by atoms with Gasteiger partial charge < -0.3 is 25.0 Å². The summed E-state index contributed by atoms with van der Waals surface area (Å²) in [6.07, 6.45) is 0.935. The van der Waals surface area contributed by atoms with Gasteiger partial charge in [0.25, 0.3) is 0 Å². The molecule has 0 saturated carbocycles. The van der Waals surface area contributed by atoms with E-state index in [1.165, 1.54) is 16.8 Å². The summed E-state index contributed by atoms with van der Waals surface area (Å²) in [6.45, 7) is 8.56. The Morgan fingerprint density at radius 3 is 2.54 bits per heavy atom. The maximum absolute atomic E-state index is 5.46. The lowest BCUT2D eigenvalue weighted by molar-refractivity contribution is 0.0698. The lowest BCUT2D eigenvalue weighted by atomic mass is 10.1. The van der Waals surface area contributed by atoms with Crippen molar-refractivity contribution in [3.63, 3.8) is 0 Å². The molecule has 0 aromatic heterocycles. The quantitative estimate of drug-likeness (QED) is 0.222. The van der Waals surface area contributed by atoms with Gasteiger partial charge in [0.05, 0.1) is 19.8 Å². The molecule has 7 heteroatoms. The summed E-state index contributed by atoms with van der Waals surface area (Å²) in [4.78, 5) is 6.80. The molecular formula is C19H35IN4O2. The Bertz CT molecular complexity index is 524. The standard InChI is InChI=1S/C19H34N4O2.HI/c1-6-20-19(21-10-7-11-25-13-12-24-5)22-15-17-8-9-18(23(3)4)14-16(17)2;/h8-9,14H,6-7,10-13,15H2,1-5H3,(H2,20,21,22);1H. The number of aryl methyl sites for hydroxylation is 1. The fourth-order valence-corrected chi connectivity index (χ4v) is 2.27. The highest BCUT2D eigenvalue weighted by Gasteiger charge is 2.03. The van der Waals surface area contributed by atoms with Crippen molar-refractivity contribution < 1.29 is 9.47 Å². The Kier molecular flexibility index (Phi) is 14.4. The van der Waals surface area contributed by atoms with Gasteiger partial charge >= 0.3 is 0 Å². The Balaban J connectivity index is 0.00000625. The lowest BCUT2D eigenvalue weighted by Crippen LogP contribution is -2.38. The molecule has 0 fully saturated rings. The zero-order valence-electron chi connectivity index (χ0n) is 16.8. The van der Waals surface area contributed by atoms with Crippen LogP contribution >= 0.6 is 24.0 Å². The highest BCUT2D eigenvalue weighted by molar-refractivity contribution is 14.0. The summed E-state index contributed by atoms with van der Waals surface area (Å²) in [7, 11) is 5.79. The summed E-state index contributed by atoms with van der Waals surface area (Å²) in [6, 6.07) is 6.49. The van der Waals surface area contributed by atoms with Gasteiger partial charge in [0.2, 0.25) is 0 Å². The summed E-state index contributed by atoms with van der Waals surface area (Å²) in [5.41, 5.74) is 3.71. The second-order valence-corrected chi connectivity index (χ2v) is 6.09. The number of methoxy groups -OCH3 is 1. The number of benzene rings is 1. The van der Waals surface area contributed by atoms with Gasteiger partial charge in [0, 0.05) is 46.6 Å². The van der Waals surface area contributed by atoms with Gasteiger partial charge in [-0.05, 0) is 43.5 Å². The van der Waals surface area contributed by atoms with Gasteiger partial charge in [-0.3, -0.25) is 0 Å². The molecule has 150 valence electrons. The Morgan fingerprint density at radius 2 is 1.92 bits per heavy atom. The van der Waals surface area contributed by atoms with Crippen LogP contribution in [0.4, 0.5) is 5.69 Å². The normalized spacial score (nSPS) is 11.0. The van der Waals surface area contributed by atoms with E-state index in [0.717, 1.165) is 32.1 Å². The molecule has 0 saturated heterocycles. The monoisotopic (exact) mass is 478 g/mol. The van der Waals surface area contributed by atoms with Crippen molar-refractivity contribution >= 4 is 35.6 Å².